The van der Waals surface area contributed by atoms with E-state index in [9.17, 15) is 20.2 Å². The minimum Gasteiger partial charge on any atom is -1.00 e. The second kappa shape index (κ2) is 10.1. The molecule has 0 heterocycles. The largest absolute Gasteiger partial charge is 1.00 e. The van der Waals surface area contributed by atoms with Crippen molar-refractivity contribution < 1.29 is 64.4 Å². The molecule has 2 aromatic carbocycles. The van der Waals surface area contributed by atoms with Crippen LogP contribution >= 0.6 is 0 Å². The summed E-state index contributed by atoms with van der Waals surface area (Å²) < 4.78 is 10.6. The zero-order valence-corrected chi connectivity index (χ0v) is 15.2. The van der Waals surface area contributed by atoms with Gasteiger partial charge in [0.25, 0.3) is 0 Å². The Balaban J connectivity index is 0.00000242. The molecule has 0 aliphatic heterocycles. The molecule has 0 N–H and O–H groups in total. The average molecular weight is 438 g/mol. The van der Waals surface area contributed by atoms with Crippen LogP contribution in [0.1, 0.15) is 0 Å². The zero-order valence-electron chi connectivity index (χ0n) is 11.2. The fraction of sp³-hybridized carbons (Fsp3) is 0. The van der Waals surface area contributed by atoms with Gasteiger partial charge in [0.1, 0.15) is 0 Å². The fourth-order valence-electron chi connectivity index (χ4n) is 1.50. The van der Waals surface area contributed by atoms with Crippen molar-refractivity contribution in [3.63, 3.8) is 0 Å². The molecule has 11 heteroatoms. The maximum Gasteiger partial charge on any atom is -1.00 e. The molecule has 2 aromatic rings. The van der Waals surface area contributed by atoms with Crippen LogP contribution in [0.25, 0.3) is 0 Å². The first-order valence-electron chi connectivity index (χ1n) is 5.65. The minimum absolute atomic E-state index is 0. The number of hydrogen-bond donors (Lipinski definition) is 0. The molecule has 0 saturated heterocycles. The first-order valence-corrected chi connectivity index (χ1v) is 7.66. The molecule has 120 valence electrons. The van der Waals surface area contributed by atoms with E-state index in [-0.39, 0.29) is 47.7 Å². The van der Waals surface area contributed by atoms with E-state index in [1.807, 2.05) is 0 Å². The number of rotatable bonds is 6. The third kappa shape index (κ3) is 5.78. The Morgan fingerprint density at radius 1 is 0.739 bits per heavy atom. The van der Waals surface area contributed by atoms with Crippen LogP contribution in [0.5, 0.6) is 11.5 Å². The van der Waals surface area contributed by atoms with Gasteiger partial charge in [-0.05, 0) is 0 Å². The second-order valence-electron chi connectivity index (χ2n) is 3.74. The number of nitro benzene ring substituents is 2. The summed E-state index contributed by atoms with van der Waals surface area (Å²) in [5, 5.41) is 21.6. The average Bonchev–Trinajstić information content (AvgIpc) is 2.48. The summed E-state index contributed by atoms with van der Waals surface area (Å²) in [6.07, 6.45) is 0. The Morgan fingerprint density at radius 2 is 1.09 bits per heavy atom. The van der Waals surface area contributed by atoms with Gasteiger partial charge in [0.15, 0.2) is 0 Å². The molecule has 0 aromatic heterocycles. The van der Waals surface area contributed by atoms with Crippen LogP contribution in [0.15, 0.2) is 48.5 Å². The number of benzene rings is 2. The summed E-state index contributed by atoms with van der Waals surface area (Å²) in [5.41, 5.74) is -0.325. The summed E-state index contributed by atoms with van der Waals surface area (Å²) in [6.45, 7) is 0. The fourth-order valence-corrected chi connectivity index (χ4v) is 2.89. The summed E-state index contributed by atoms with van der Waals surface area (Å²) in [6, 6.07) is 11.8. The van der Waals surface area contributed by atoms with Gasteiger partial charge in [0, 0.05) is 0 Å². The van der Waals surface area contributed by atoms with Gasteiger partial charge in [-0.2, -0.15) is 0 Å². The first-order chi connectivity index (χ1) is 10.1. The number of nitrogens with zero attached hydrogens (tertiary/aromatic N) is 2. The van der Waals surface area contributed by atoms with Gasteiger partial charge in [-0.1, -0.05) is 0 Å². The Morgan fingerprint density at radius 3 is 1.43 bits per heavy atom. The van der Waals surface area contributed by atoms with Crippen molar-refractivity contribution in [2.75, 3.05) is 0 Å². The summed E-state index contributed by atoms with van der Waals surface area (Å²) in [7, 11) is 0. The van der Waals surface area contributed by atoms with E-state index in [2.05, 4.69) is 0 Å². The van der Waals surface area contributed by atoms with Crippen molar-refractivity contribution in [1.82, 2.24) is 0 Å². The van der Waals surface area contributed by atoms with Gasteiger partial charge in [-0.15, -0.1) is 0 Å². The summed E-state index contributed by atoms with van der Waals surface area (Å²) in [5.74, 6) is 0.209. The number of hydrogen-bond acceptors (Lipinski definition) is 6. The molecule has 0 atom stereocenters. The smallest absolute Gasteiger partial charge is 1.00 e. The molecule has 0 radical (unpaired) electrons. The Bertz CT molecular complexity index is 631. The van der Waals surface area contributed by atoms with E-state index in [1.165, 1.54) is 36.4 Å². The number of nitro groups is 2. The van der Waals surface area contributed by atoms with E-state index < -0.39 is 34.0 Å². The Hall–Kier alpha value is -1.70. The van der Waals surface area contributed by atoms with Gasteiger partial charge in [0.2, 0.25) is 0 Å². The van der Waals surface area contributed by atoms with Crippen molar-refractivity contribution in [2.24, 2.45) is 0 Å². The van der Waals surface area contributed by atoms with Crippen molar-refractivity contribution in [1.29, 1.82) is 0 Å². The van der Waals surface area contributed by atoms with E-state index in [0.29, 0.717) is 0 Å². The minimum atomic E-state index is -2.00. The quantitative estimate of drug-likeness (QED) is 0.349. The van der Waals surface area contributed by atoms with E-state index in [0.717, 1.165) is 0 Å². The van der Waals surface area contributed by atoms with Crippen LogP contribution in [-0.2, 0) is 24.1 Å². The van der Waals surface area contributed by atoms with Crippen LogP contribution in [-0.4, -0.2) is 9.85 Å². The molecule has 0 aliphatic rings. The molecule has 23 heavy (non-hydrogen) atoms. The molecule has 0 saturated carbocycles. The van der Waals surface area contributed by atoms with Crippen LogP contribution in [0.2, 0.25) is 0 Å². The molecule has 8 nitrogen and oxygen atoms in total. The number of para-hydroxylation sites is 4. The van der Waals surface area contributed by atoms with Crippen LogP contribution in [0.4, 0.5) is 11.4 Å². The molecule has 2 rings (SSSR count). The van der Waals surface area contributed by atoms with Crippen LogP contribution in [0.3, 0.4) is 0 Å². The van der Waals surface area contributed by atoms with Crippen molar-refractivity contribution >= 4 is 11.4 Å². The van der Waals surface area contributed by atoms with Crippen molar-refractivity contribution in [2.45, 2.75) is 0 Å². The van der Waals surface area contributed by atoms with E-state index >= 15 is 0 Å². The predicted octanol–water partition coefficient (Wildman–Crippen LogP) is -3.12. The first kappa shape index (κ1) is 21.3. The SMILES string of the molecule is O=[N+]([O-])c1ccccc1[O][Zr+2][O]c1ccccc1[N+](=O)[O-].[Cl-].[Cl-]. The van der Waals surface area contributed by atoms with Gasteiger partial charge >= 0.3 is 131 Å². The van der Waals surface area contributed by atoms with Crippen molar-refractivity contribution in [3.05, 3.63) is 68.8 Å². The molecule has 0 unspecified atom stereocenters. The van der Waals surface area contributed by atoms with Crippen LogP contribution < -0.4 is 30.4 Å². The normalized spacial score (nSPS) is 8.70. The zero-order chi connectivity index (χ0) is 15.2. The topological polar surface area (TPSA) is 105 Å². The molecule has 0 amide bonds. The molecular weight excluding hydrogens is 430 g/mol. The molecule has 0 bridgehead atoms. The molecule has 0 fully saturated rings. The van der Waals surface area contributed by atoms with Gasteiger partial charge in [-0.3, -0.25) is 0 Å². The van der Waals surface area contributed by atoms with E-state index in [4.69, 9.17) is 5.63 Å². The van der Waals surface area contributed by atoms with Gasteiger partial charge in [-0.25, -0.2) is 0 Å². The monoisotopic (exact) mass is 436 g/mol. The summed E-state index contributed by atoms with van der Waals surface area (Å²) in [4.78, 5) is 20.5. The van der Waals surface area contributed by atoms with Crippen LogP contribution in [0, 0.1) is 20.2 Å². The second-order valence-corrected chi connectivity index (χ2v) is 5.15. The molecular formula is C12H8Cl2N2O6Zr. The maximum absolute atomic E-state index is 10.8. The van der Waals surface area contributed by atoms with Crippen molar-refractivity contribution in [3.8, 4) is 11.5 Å². The summed E-state index contributed by atoms with van der Waals surface area (Å²) >= 11 is -2.00. The van der Waals surface area contributed by atoms with Gasteiger partial charge in [0.05, 0.1) is 0 Å². The standard InChI is InChI=1S/2C6H5NO3.2ClH.Zr/c2*8-6-4-2-1-3-5(6)7(9)10;;;/h2*1-4,8H;2*1H;/q;;;;+4/p-4. The van der Waals surface area contributed by atoms with Gasteiger partial charge < -0.3 is 24.8 Å². The Kier molecular flexibility index (Phi) is 9.40. The predicted molar refractivity (Wildman–Crippen MR) is 67.4 cm³/mol. The number of halogens is 2. The molecule has 0 aliphatic carbocycles. The Labute approximate surface area is 155 Å². The molecule has 0 spiro atoms. The van der Waals surface area contributed by atoms with E-state index in [1.54, 1.807) is 12.1 Å². The maximum atomic E-state index is 10.8. The third-order valence-corrected chi connectivity index (χ3v) is 3.92. The third-order valence-electron chi connectivity index (χ3n) is 2.43.